The van der Waals surface area contributed by atoms with Gasteiger partial charge in [0.1, 0.15) is 12.1 Å². The molecule has 1 aromatic carbocycles. The average molecular weight is 372 g/mol. The molecule has 0 aliphatic heterocycles. The maximum Gasteiger partial charge on any atom is 0.344 e. The molecular weight excluding hydrogens is 352 g/mol. The van der Waals surface area contributed by atoms with Crippen LogP contribution in [0.3, 0.4) is 0 Å². The molecular formula is C18H20N4O5. The number of aliphatic carboxylic acids is 2. The number of anilines is 2. The van der Waals surface area contributed by atoms with Gasteiger partial charge < -0.3 is 20.4 Å². The Balaban J connectivity index is 2.67. The van der Waals surface area contributed by atoms with Crippen molar-refractivity contribution < 1.29 is 24.6 Å². The Labute approximate surface area is 155 Å². The van der Waals surface area contributed by atoms with E-state index >= 15 is 0 Å². The van der Waals surface area contributed by atoms with Crippen LogP contribution < -0.4 is 10.2 Å². The summed E-state index contributed by atoms with van der Waals surface area (Å²) in [5.41, 5.74) is 0.544. The Kier molecular flexibility index (Phi) is 6.07. The van der Waals surface area contributed by atoms with Crippen LogP contribution in [-0.4, -0.2) is 44.6 Å². The fraction of sp³-hybridized carbons (Fsp3) is 0.278. The number of nitrogens with one attached hydrogen (secondary N) is 1. The second-order valence-electron chi connectivity index (χ2n) is 5.64. The maximum atomic E-state index is 11.5. The van der Waals surface area contributed by atoms with Crippen LogP contribution in [-0.2, 0) is 14.4 Å². The van der Waals surface area contributed by atoms with Gasteiger partial charge in [0, 0.05) is 30.2 Å². The lowest BCUT2D eigenvalue weighted by Gasteiger charge is -2.26. The minimum absolute atomic E-state index is 0.142. The van der Waals surface area contributed by atoms with E-state index in [2.05, 4.69) is 15.3 Å². The van der Waals surface area contributed by atoms with Crippen LogP contribution in [0.4, 0.5) is 11.5 Å². The Morgan fingerprint density at radius 1 is 1.11 bits per heavy atom. The molecule has 0 spiro atoms. The maximum absolute atomic E-state index is 11.5. The van der Waals surface area contributed by atoms with E-state index in [9.17, 15) is 24.6 Å². The first kappa shape index (κ1) is 19.8. The van der Waals surface area contributed by atoms with Crippen molar-refractivity contribution >= 4 is 40.3 Å². The molecule has 1 amide bonds. The van der Waals surface area contributed by atoms with Gasteiger partial charge in [-0.25, -0.2) is 19.6 Å². The number of aromatic nitrogens is 2. The Hall–Kier alpha value is -3.49. The summed E-state index contributed by atoms with van der Waals surface area (Å²) in [5, 5.41) is 21.9. The molecule has 2 aromatic rings. The third kappa shape index (κ3) is 4.20. The molecule has 0 fully saturated rings. The quantitative estimate of drug-likeness (QED) is 0.383. The highest BCUT2D eigenvalue weighted by Crippen LogP contribution is 2.29. The Morgan fingerprint density at radius 3 is 2.30 bits per heavy atom. The molecule has 27 heavy (non-hydrogen) atoms. The van der Waals surface area contributed by atoms with Crippen molar-refractivity contribution in [2.45, 2.75) is 27.2 Å². The largest absolute Gasteiger partial charge is 0.477 e. The lowest BCUT2D eigenvalue weighted by molar-refractivity contribution is -0.140. The molecule has 1 heterocycles. The van der Waals surface area contributed by atoms with E-state index in [4.69, 9.17) is 0 Å². The van der Waals surface area contributed by atoms with E-state index in [-0.39, 0.29) is 18.0 Å². The summed E-state index contributed by atoms with van der Waals surface area (Å²) < 4.78 is 0. The van der Waals surface area contributed by atoms with E-state index in [0.29, 0.717) is 29.0 Å². The number of hydrogen-bond donors (Lipinski definition) is 3. The number of fused-ring (bicyclic) bond motifs is 1. The van der Waals surface area contributed by atoms with E-state index < -0.39 is 17.5 Å². The standard InChI is InChI=1S/C18H20N4O5/c1-4-14(15(17(24)25)18(26)27)22(5-2)16-12-7-6-11(21-10(3)23)8-13(12)19-9-20-16/h6-9H,4-5H2,1-3H3,(H,21,23)(H,24,25)(H,26,27). The molecule has 0 aliphatic rings. The van der Waals surface area contributed by atoms with Crippen LogP contribution in [0.1, 0.15) is 27.2 Å². The molecule has 9 nitrogen and oxygen atoms in total. The van der Waals surface area contributed by atoms with Gasteiger partial charge in [-0.2, -0.15) is 0 Å². The topological polar surface area (TPSA) is 133 Å². The second kappa shape index (κ2) is 8.26. The van der Waals surface area contributed by atoms with E-state index in [1.54, 1.807) is 36.9 Å². The normalized spacial score (nSPS) is 10.3. The minimum Gasteiger partial charge on any atom is -0.477 e. The van der Waals surface area contributed by atoms with E-state index in [1.807, 2.05) is 0 Å². The lowest BCUT2D eigenvalue weighted by atomic mass is 10.1. The predicted molar refractivity (Wildman–Crippen MR) is 99.5 cm³/mol. The highest BCUT2D eigenvalue weighted by Gasteiger charge is 2.26. The number of carboxylic acid groups (broad SMARTS) is 2. The summed E-state index contributed by atoms with van der Waals surface area (Å²) in [6.45, 7) is 5.16. The summed E-state index contributed by atoms with van der Waals surface area (Å²) >= 11 is 0. The number of allylic oxidation sites excluding steroid dienone is 1. The highest BCUT2D eigenvalue weighted by molar-refractivity contribution is 6.13. The van der Waals surface area contributed by atoms with Crippen LogP contribution in [0.15, 0.2) is 35.8 Å². The predicted octanol–water partition coefficient (Wildman–Crippen LogP) is 2.25. The number of benzene rings is 1. The zero-order valence-electron chi connectivity index (χ0n) is 15.2. The molecule has 0 saturated heterocycles. The molecule has 1 aromatic heterocycles. The molecule has 0 saturated carbocycles. The first-order valence-corrected chi connectivity index (χ1v) is 8.29. The Morgan fingerprint density at radius 2 is 1.78 bits per heavy atom. The zero-order chi connectivity index (χ0) is 20.1. The van der Waals surface area contributed by atoms with Crippen molar-refractivity contribution in [3.8, 4) is 0 Å². The third-order valence-electron chi connectivity index (χ3n) is 3.88. The third-order valence-corrected chi connectivity index (χ3v) is 3.88. The van der Waals surface area contributed by atoms with Crippen molar-refractivity contribution in [2.24, 2.45) is 0 Å². The number of carboxylic acids is 2. The van der Waals surface area contributed by atoms with Gasteiger partial charge in [0.05, 0.1) is 5.52 Å². The fourth-order valence-electron chi connectivity index (χ4n) is 2.85. The van der Waals surface area contributed by atoms with Crippen LogP contribution in [0, 0.1) is 0 Å². The summed E-state index contributed by atoms with van der Waals surface area (Å²) in [6.07, 6.45) is 1.50. The molecule has 0 bridgehead atoms. The van der Waals surface area contributed by atoms with Crippen LogP contribution in [0.2, 0.25) is 0 Å². The number of hydrogen-bond acceptors (Lipinski definition) is 6. The monoisotopic (exact) mass is 372 g/mol. The fourth-order valence-corrected chi connectivity index (χ4v) is 2.85. The summed E-state index contributed by atoms with van der Waals surface area (Å²) in [4.78, 5) is 44.2. The molecule has 0 aliphatic carbocycles. The smallest absolute Gasteiger partial charge is 0.344 e. The number of carbonyl (C=O) groups excluding carboxylic acids is 1. The van der Waals surface area contributed by atoms with Gasteiger partial charge in [-0.15, -0.1) is 0 Å². The Bertz CT molecular complexity index is 922. The molecule has 0 unspecified atom stereocenters. The molecule has 142 valence electrons. The van der Waals surface area contributed by atoms with E-state index in [1.165, 1.54) is 13.3 Å². The van der Waals surface area contributed by atoms with Gasteiger partial charge in [-0.3, -0.25) is 4.79 Å². The first-order valence-electron chi connectivity index (χ1n) is 8.29. The molecule has 0 atom stereocenters. The van der Waals surface area contributed by atoms with Crippen molar-refractivity contribution in [2.75, 3.05) is 16.8 Å². The average Bonchev–Trinajstić information content (AvgIpc) is 2.60. The van der Waals surface area contributed by atoms with Crippen molar-refractivity contribution in [3.63, 3.8) is 0 Å². The van der Waals surface area contributed by atoms with Crippen molar-refractivity contribution in [1.82, 2.24) is 9.97 Å². The van der Waals surface area contributed by atoms with Crippen molar-refractivity contribution in [1.29, 1.82) is 0 Å². The first-order chi connectivity index (χ1) is 12.8. The minimum atomic E-state index is -1.51. The number of nitrogens with zero attached hydrogens (tertiary/aromatic N) is 3. The van der Waals surface area contributed by atoms with Gasteiger partial charge in [0.25, 0.3) is 0 Å². The summed E-state index contributed by atoms with van der Waals surface area (Å²) in [6, 6.07) is 5.04. The molecule has 9 heteroatoms. The second-order valence-corrected chi connectivity index (χ2v) is 5.64. The number of carbonyl (C=O) groups is 3. The van der Waals surface area contributed by atoms with Gasteiger partial charge in [-0.1, -0.05) is 6.92 Å². The molecule has 3 N–H and O–H groups in total. The molecule has 2 rings (SSSR count). The van der Waals surface area contributed by atoms with Gasteiger partial charge in [0.15, 0.2) is 5.57 Å². The SMILES string of the molecule is CCC(=C(C(=O)O)C(=O)O)N(CC)c1ncnc2cc(NC(C)=O)ccc12. The van der Waals surface area contributed by atoms with Crippen molar-refractivity contribution in [3.05, 3.63) is 35.8 Å². The number of amides is 1. The van der Waals surface area contributed by atoms with Gasteiger partial charge in [0.2, 0.25) is 5.91 Å². The van der Waals surface area contributed by atoms with Crippen LogP contribution >= 0.6 is 0 Å². The van der Waals surface area contributed by atoms with Gasteiger partial charge in [-0.05, 0) is 31.5 Å². The highest BCUT2D eigenvalue weighted by atomic mass is 16.4. The molecule has 0 radical (unpaired) electrons. The zero-order valence-corrected chi connectivity index (χ0v) is 15.2. The number of rotatable bonds is 7. The van der Waals surface area contributed by atoms with Crippen LogP contribution in [0.5, 0.6) is 0 Å². The summed E-state index contributed by atoms with van der Waals surface area (Å²) in [5.74, 6) is -2.84. The lowest BCUT2D eigenvalue weighted by Crippen LogP contribution is -2.28. The van der Waals surface area contributed by atoms with Crippen LogP contribution in [0.25, 0.3) is 10.9 Å². The summed E-state index contributed by atoms with van der Waals surface area (Å²) in [7, 11) is 0. The van der Waals surface area contributed by atoms with Gasteiger partial charge >= 0.3 is 11.9 Å². The van der Waals surface area contributed by atoms with E-state index in [0.717, 1.165) is 0 Å².